The second-order valence-electron chi connectivity index (χ2n) is 2.58. The summed E-state index contributed by atoms with van der Waals surface area (Å²) in [5.74, 6) is 0.550. The van der Waals surface area contributed by atoms with Crippen LogP contribution in [0.2, 0.25) is 5.15 Å². The molecule has 0 saturated heterocycles. The highest BCUT2D eigenvalue weighted by atomic mass is 35.5. The molecule has 0 aromatic carbocycles. The summed E-state index contributed by atoms with van der Waals surface area (Å²) in [5, 5.41) is 5.78. The number of nitrogens with one attached hydrogen (secondary N) is 2. The van der Waals surface area contributed by atoms with Gasteiger partial charge < -0.3 is 10.6 Å². The standard InChI is InChI=1S/C8H11ClN4O/c1-10-8(14)2-3-12-7-5-11-4-6(9)13-7/h4-5H,2-3H2,1H3,(H,10,14)(H,12,13). The average molecular weight is 215 g/mol. The van der Waals surface area contributed by atoms with Crippen LogP contribution in [0.25, 0.3) is 0 Å². The van der Waals surface area contributed by atoms with Crippen molar-refractivity contribution in [1.82, 2.24) is 15.3 Å². The van der Waals surface area contributed by atoms with E-state index in [1.807, 2.05) is 0 Å². The Hall–Kier alpha value is -1.36. The third-order valence-corrected chi connectivity index (χ3v) is 1.72. The predicted molar refractivity (Wildman–Crippen MR) is 54.2 cm³/mol. The Kier molecular flexibility index (Phi) is 4.12. The number of aromatic nitrogens is 2. The van der Waals surface area contributed by atoms with Crippen molar-refractivity contribution in [2.75, 3.05) is 18.9 Å². The molecule has 14 heavy (non-hydrogen) atoms. The molecule has 0 atom stereocenters. The number of halogens is 1. The summed E-state index contributed by atoms with van der Waals surface area (Å²) in [6.45, 7) is 0.509. The van der Waals surface area contributed by atoms with E-state index in [2.05, 4.69) is 20.6 Å². The molecule has 1 rings (SSSR count). The van der Waals surface area contributed by atoms with Gasteiger partial charge in [0, 0.05) is 20.0 Å². The Balaban J connectivity index is 2.35. The Labute approximate surface area is 86.9 Å². The van der Waals surface area contributed by atoms with Gasteiger partial charge in [-0.05, 0) is 0 Å². The molecule has 2 N–H and O–H groups in total. The Morgan fingerprint density at radius 3 is 3.00 bits per heavy atom. The Morgan fingerprint density at radius 2 is 2.36 bits per heavy atom. The van der Waals surface area contributed by atoms with Gasteiger partial charge in [-0.2, -0.15) is 0 Å². The molecule has 5 nitrogen and oxygen atoms in total. The molecule has 6 heteroatoms. The molecule has 1 aromatic rings. The number of anilines is 1. The van der Waals surface area contributed by atoms with Crippen molar-refractivity contribution < 1.29 is 4.79 Å². The summed E-state index contributed by atoms with van der Waals surface area (Å²) in [4.78, 5) is 18.7. The van der Waals surface area contributed by atoms with Crippen molar-refractivity contribution in [1.29, 1.82) is 0 Å². The second kappa shape index (κ2) is 5.39. The third-order valence-electron chi connectivity index (χ3n) is 1.54. The van der Waals surface area contributed by atoms with Gasteiger partial charge in [-0.1, -0.05) is 11.6 Å². The zero-order chi connectivity index (χ0) is 10.4. The zero-order valence-corrected chi connectivity index (χ0v) is 8.51. The maximum atomic E-state index is 10.9. The van der Waals surface area contributed by atoms with Gasteiger partial charge in [0.05, 0.1) is 12.4 Å². The lowest BCUT2D eigenvalue weighted by atomic mass is 10.4. The van der Waals surface area contributed by atoms with Crippen LogP contribution in [0.15, 0.2) is 12.4 Å². The third kappa shape index (κ3) is 3.57. The molecule has 0 radical (unpaired) electrons. The quantitative estimate of drug-likeness (QED) is 0.774. The number of amides is 1. The first-order valence-electron chi connectivity index (χ1n) is 4.14. The molecule has 0 fully saturated rings. The van der Waals surface area contributed by atoms with Crippen molar-refractivity contribution in [3.8, 4) is 0 Å². The van der Waals surface area contributed by atoms with E-state index >= 15 is 0 Å². The Bertz CT molecular complexity index is 318. The van der Waals surface area contributed by atoms with E-state index in [9.17, 15) is 4.79 Å². The van der Waals surface area contributed by atoms with Gasteiger partial charge in [0.1, 0.15) is 11.0 Å². The van der Waals surface area contributed by atoms with Crippen LogP contribution < -0.4 is 10.6 Å². The second-order valence-corrected chi connectivity index (χ2v) is 2.96. The summed E-state index contributed by atoms with van der Waals surface area (Å²) in [5.41, 5.74) is 0. The van der Waals surface area contributed by atoms with Crippen LogP contribution in [0, 0.1) is 0 Å². The minimum Gasteiger partial charge on any atom is -0.368 e. The average Bonchev–Trinajstić information content (AvgIpc) is 2.17. The zero-order valence-electron chi connectivity index (χ0n) is 7.75. The summed E-state index contributed by atoms with van der Waals surface area (Å²) >= 11 is 5.62. The van der Waals surface area contributed by atoms with E-state index in [-0.39, 0.29) is 5.91 Å². The SMILES string of the molecule is CNC(=O)CCNc1cncc(Cl)n1. The summed E-state index contributed by atoms with van der Waals surface area (Å²) in [6.07, 6.45) is 3.39. The van der Waals surface area contributed by atoms with E-state index in [1.165, 1.54) is 6.20 Å². The molecular weight excluding hydrogens is 204 g/mol. The normalized spacial score (nSPS) is 9.57. The van der Waals surface area contributed by atoms with E-state index < -0.39 is 0 Å². The van der Waals surface area contributed by atoms with E-state index in [0.717, 1.165) is 0 Å². The molecule has 0 bridgehead atoms. The number of carbonyl (C=O) groups excluding carboxylic acids is 1. The predicted octanol–water partition coefficient (Wildman–Crippen LogP) is 0.678. The molecule has 76 valence electrons. The molecule has 1 heterocycles. The van der Waals surface area contributed by atoms with Crippen LogP contribution in [0.5, 0.6) is 0 Å². The monoisotopic (exact) mass is 214 g/mol. The molecule has 1 aromatic heterocycles. The minimum atomic E-state index is -0.0208. The van der Waals surface area contributed by atoms with Crippen molar-refractivity contribution in [3.05, 3.63) is 17.5 Å². The van der Waals surface area contributed by atoms with Gasteiger partial charge in [0.15, 0.2) is 0 Å². The summed E-state index contributed by atoms with van der Waals surface area (Å²) < 4.78 is 0. The van der Waals surface area contributed by atoms with Crippen molar-refractivity contribution in [2.24, 2.45) is 0 Å². The topological polar surface area (TPSA) is 66.9 Å². The van der Waals surface area contributed by atoms with E-state index in [1.54, 1.807) is 13.2 Å². The fourth-order valence-electron chi connectivity index (χ4n) is 0.856. The Morgan fingerprint density at radius 1 is 1.57 bits per heavy atom. The lowest BCUT2D eigenvalue weighted by Crippen LogP contribution is -2.21. The van der Waals surface area contributed by atoms with Crippen molar-refractivity contribution in [2.45, 2.75) is 6.42 Å². The number of hydrogen-bond donors (Lipinski definition) is 2. The summed E-state index contributed by atoms with van der Waals surface area (Å²) in [7, 11) is 1.60. The fraction of sp³-hybridized carbons (Fsp3) is 0.375. The van der Waals surface area contributed by atoms with Crippen molar-refractivity contribution in [3.63, 3.8) is 0 Å². The number of nitrogens with zero attached hydrogens (tertiary/aromatic N) is 2. The smallest absolute Gasteiger partial charge is 0.221 e. The number of hydrogen-bond acceptors (Lipinski definition) is 4. The maximum absolute atomic E-state index is 10.9. The maximum Gasteiger partial charge on any atom is 0.221 e. The van der Waals surface area contributed by atoms with Crippen LogP contribution in [0.1, 0.15) is 6.42 Å². The van der Waals surface area contributed by atoms with Crippen LogP contribution in [0.3, 0.4) is 0 Å². The molecule has 0 aliphatic heterocycles. The fourth-order valence-corrected chi connectivity index (χ4v) is 1.00. The van der Waals surface area contributed by atoms with Gasteiger partial charge in [-0.25, -0.2) is 4.98 Å². The highest BCUT2D eigenvalue weighted by Crippen LogP contribution is 2.06. The molecular formula is C8H11ClN4O. The number of rotatable bonds is 4. The van der Waals surface area contributed by atoms with Gasteiger partial charge in [-0.3, -0.25) is 9.78 Å². The van der Waals surface area contributed by atoms with Crippen LogP contribution in [-0.4, -0.2) is 29.5 Å². The lowest BCUT2D eigenvalue weighted by molar-refractivity contribution is -0.120. The van der Waals surface area contributed by atoms with Gasteiger partial charge >= 0.3 is 0 Å². The first-order chi connectivity index (χ1) is 6.72. The first kappa shape index (κ1) is 10.7. The first-order valence-corrected chi connectivity index (χ1v) is 4.52. The van der Waals surface area contributed by atoms with Crippen LogP contribution in [0.4, 0.5) is 5.82 Å². The highest BCUT2D eigenvalue weighted by molar-refractivity contribution is 6.29. The van der Waals surface area contributed by atoms with Gasteiger partial charge in [-0.15, -0.1) is 0 Å². The van der Waals surface area contributed by atoms with Gasteiger partial charge in [0.25, 0.3) is 0 Å². The summed E-state index contributed by atoms with van der Waals surface area (Å²) in [6, 6.07) is 0. The van der Waals surface area contributed by atoms with E-state index in [0.29, 0.717) is 23.9 Å². The molecule has 1 amide bonds. The molecule has 0 unspecified atom stereocenters. The lowest BCUT2D eigenvalue weighted by Gasteiger charge is -2.03. The number of carbonyl (C=O) groups is 1. The minimum absolute atomic E-state index is 0.0208. The van der Waals surface area contributed by atoms with E-state index in [4.69, 9.17) is 11.6 Å². The highest BCUT2D eigenvalue weighted by Gasteiger charge is 1.98. The van der Waals surface area contributed by atoms with Gasteiger partial charge in [0.2, 0.25) is 5.91 Å². The van der Waals surface area contributed by atoms with Crippen LogP contribution >= 0.6 is 11.6 Å². The molecule has 0 saturated carbocycles. The van der Waals surface area contributed by atoms with Crippen molar-refractivity contribution >= 4 is 23.3 Å². The van der Waals surface area contributed by atoms with Crippen LogP contribution in [-0.2, 0) is 4.79 Å². The molecule has 0 spiro atoms. The largest absolute Gasteiger partial charge is 0.368 e. The molecule has 0 aliphatic carbocycles. The molecule has 0 aliphatic rings.